The predicted octanol–water partition coefficient (Wildman–Crippen LogP) is 3.16. The van der Waals surface area contributed by atoms with E-state index < -0.39 is 11.7 Å². The summed E-state index contributed by atoms with van der Waals surface area (Å²) >= 11 is 8.59. The van der Waals surface area contributed by atoms with Crippen molar-refractivity contribution in [1.82, 2.24) is 14.6 Å². The Morgan fingerprint density at radius 1 is 1.40 bits per heavy atom. The second kappa shape index (κ2) is 3.34. The Labute approximate surface area is 95.0 Å². The van der Waals surface area contributed by atoms with Crippen molar-refractivity contribution in [2.24, 2.45) is 0 Å². The Kier molecular flexibility index (Phi) is 2.38. The van der Waals surface area contributed by atoms with Crippen LogP contribution >= 0.6 is 27.5 Å². The van der Waals surface area contributed by atoms with Gasteiger partial charge in [-0.15, -0.1) is 5.10 Å². The zero-order chi connectivity index (χ0) is 11.2. The van der Waals surface area contributed by atoms with Crippen molar-refractivity contribution in [3.05, 3.63) is 27.6 Å². The van der Waals surface area contributed by atoms with Gasteiger partial charge in [-0.2, -0.15) is 18.2 Å². The van der Waals surface area contributed by atoms with Gasteiger partial charge in [-0.25, -0.2) is 4.52 Å². The van der Waals surface area contributed by atoms with Crippen LogP contribution in [-0.2, 0) is 6.18 Å². The monoisotopic (exact) mass is 299 g/mol. The predicted molar refractivity (Wildman–Crippen MR) is 50.7 cm³/mol. The SMILES string of the molecule is FC(F)(F)c1cc(Cl)c2nc(Br)nn2c1. The van der Waals surface area contributed by atoms with Crippen LogP contribution in [-0.4, -0.2) is 14.6 Å². The Morgan fingerprint density at radius 3 is 2.67 bits per heavy atom. The lowest BCUT2D eigenvalue weighted by Crippen LogP contribution is -2.07. The molecule has 0 fully saturated rings. The summed E-state index contributed by atoms with van der Waals surface area (Å²) < 4.78 is 38.3. The molecule has 0 aromatic carbocycles. The molecule has 0 saturated heterocycles. The van der Waals surface area contributed by atoms with Gasteiger partial charge in [-0.1, -0.05) is 11.6 Å². The van der Waals surface area contributed by atoms with Crippen LogP contribution in [0, 0.1) is 0 Å². The van der Waals surface area contributed by atoms with E-state index in [0.29, 0.717) is 0 Å². The van der Waals surface area contributed by atoms with E-state index in [0.717, 1.165) is 16.8 Å². The Balaban J connectivity index is 2.72. The van der Waals surface area contributed by atoms with Gasteiger partial charge in [0.1, 0.15) is 0 Å². The molecule has 2 rings (SSSR count). The van der Waals surface area contributed by atoms with E-state index in [9.17, 15) is 13.2 Å². The minimum absolute atomic E-state index is 0.0944. The van der Waals surface area contributed by atoms with Crippen molar-refractivity contribution in [3.63, 3.8) is 0 Å². The van der Waals surface area contributed by atoms with Gasteiger partial charge in [0, 0.05) is 6.20 Å². The maximum Gasteiger partial charge on any atom is 0.417 e. The topological polar surface area (TPSA) is 30.2 Å². The lowest BCUT2D eigenvalue weighted by Gasteiger charge is -2.06. The summed E-state index contributed by atoms with van der Waals surface area (Å²) in [5, 5.41) is 3.59. The molecule has 0 amide bonds. The first-order chi connectivity index (χ1) is 6.88. The van der Waals surface area contributed by atoms with Gasteiger partial charge < -0.3 is 0 Å². The summed E-state index contributed by atoms with van der Waals surface area (Å²) in [6, 6.07) is 0.817. The highest BCUT2D eigenvalue weighted by atomic mass is 79.9. The van der Waals surface area contributed by atoms with E-state index >= 15 is 0 Å². The molecule has 0 spiro atoms. The average molecular weight is 300 g/mol. The molecule has 2 aromatic rings. The molecular formula is C7H2BrClF3N3. The van der Waals surface area contributed by atoms with Crippen LogP contribution in [0.1, 0.15) is 5.56 Å². The Bertz CT molecular complexity index is 522. The molecule has 80 valence electrons. The molecule has 2 heterocycles. The summed E-state index contributed by atoms with van der Waals surface area (Å²) in [6.45, 7) is 0. The standard InChI is InChI=1S/C7H2BrClF3N3/c8-6-13-5-4(9)1-3(7(10,11)12)2-15(5)14-6/h1-2H. The van der Waals surface area contributed by atoms with Gasteiger partial charge in [-0.3, -0.25) is 0 Å². The largest absolute Gasteiger partial charge is 0.417 e. The van der Waals surface area contributed by atoms with Crippen LogP contribution in [0.3, 0.4) is 0 Å². The van der Waals surface area contributed by atoms with E-state index in [2.05, 4.69) is 26.0 Å². The van der Waals surface area contributed by atoms with Crippen LogP contribution in [0.15, 0.2) is 17.0 Å². The maximum atomic E-state index is 12.4. The highest BCUT2D eigenvalue weighted by Crippen LogP contribution is 2.31. The quantitative estimate of drug-likeness (QED) is 0.748. The fourth-order valence-electron chi connectivity index (χ4n) is 1.08. The van der Waals surface area contributed by atoms with Crippen molar-refractivity contribution < 1.29 is 13.2 Å². The molecule has 0 atom stereocenters. The Hall–Kier alpha value is -0.820. The van der Waals surface area contributed by atoms with E-state index in [4.69, 9.17) is 11.6 Å². The Morgan fingerprint density at radius 2 is 2.07 bits per heavy atom. The first-order valence-corrected chi connectivity index (χ1v) is 4.83. The van der Waals surface area contributed by atoms with Crippen molar-refractivity contribution in [3.8, 4) is 0 Å². The van der Waals surface area contributed by atoms with Crippen molar-refractivity contribution in [1.29, 1.82) is 0 Å². The first-order valence-electron chi connectivity index (χ1n) is 3.66. The molecule has 0 bridgehead atoms. The minimum Gasteiger partial charge on any atom is -0.218 e. The highest BCUT2D eigenvalue weighted by Gasteiger charge is 2.32. The van der Waals surface area contributed by atoms with Crippen molar-refractivity contribution in [2.75, 3.05) is 0 Å². The fourth-order valence-corrected chi connectivity index (χ4v) is 1.66. The number of fused-ring (bicyclic) bond motifs is 1. The molecule has 0 aliphatic rings. The smallest absolute Gasteiger partial charge is 0.218 e. The van der Waals surface area contributed by atoms with E-state index in [-0.39, 0.29) is 15.4 Å². The molecule has 0 saturated carbocycles. The van der Waals surface area contributed by atoms with Crippen molar-refractivity contribution >= 4 is 33.2 Å². The number of hydrogen-bond acceptors (Lipinski definition) is 2. The third kappa shape index (κ3) is 1.93. The molecule has 3 nitrogen and oxygen atoms in total. The normalized spacial score (nSPS) is 12.3. The summed E-state index contributed by atoms with van der Waals surface area (Å²) in [4.78, 5) is 3.81. The molecule has 8 heteroatoms. The molecule has 15 heavy (non-hydrogen) atoms. The van der Waals surface area contributed by atoms with Gasteiger partial charge in [0.25, 0.3) is 0 Å². The second-order valence-corrected chi connectivity index (χ2v) is 3.84. The fraction of sp³-hybridized carbons (Fsp3) is 0.143. The molecule has 0 aliphatic carbocycles. The average Bonchev–Trinajstić information content (AvgIpc) is 2.44. The van der Waals surface area contributed by atoms with Gasteiger partial charge in [0.05, 0.1) is 10.6 Å². The van der Waals surface area contributed by atoms with Gasteiger partial charge in [-0.05, 0) is 22.0 Å². The minimum atomic E-state index is -4.45. The highest BCUT2D eigenvalue weighted by molar-refractivity contribution is 9.10. The van der Waals surface area contributed by atoms with Crippen LogP contribution < -0.4 is 0 Å². The molecule has 0 aliphatic heterocycles. The van der Waals surface area contributed by atoms with Crippen LogP contribution in [0.25, 0.3) is 5.65 Å². The second-order valence-electron chi connectivity index (χ2n) is 2.72. The summed E-state index contributed by atoms with van der Waals surface area (Å²) in [6.07, 6.45) is -3.62. The zero-order valence-corrected chi connectivity index (χ0v) is 9.23. The van der Waals surface area contributed by atoms with Gasteiger partial charge in [0.15, 0.2) is 5.65 Å². The van der Waals surface area contributed by atoms with Crippen LogP contribution in [0.2, 0.25) is 5.02 Å². The molecule has 2 aromatic heterocycles. The van der Waals surface area contributed by atoms with Gasteiger partial charge >= 0.3 is 6.18 Å². The van der Waals surface area contributed by atoms with E-state index in [1.807, 2.05) is 0 Å². The number of nitrogens with zero attached hydrogens (tertiary/aromatic N) is 3. The van der Waals surface area contributed by atoms with Crippen LogP contribution in [0.4, 0.5) is 13.2 Å². The summed E-state index contributed by atoms with van der Waals surface area (Å²) in [5.41, 5.74) is -0.686. The molecule has 0 radical (unpaired) electrons. The number of hydrogen-bond donors (Lipinski definition) is 0. The van der Waals surface area contributed by atoms with Crippen LogP contribution in [0.5, 0.6) is 0 Å². The third-order valence-electron chi connectivity index (χ3n) is 1.69. The number of rotatable bonds is 0. The zero-order valence-electron chi connectivity index (χ0n) is 6.89. The number of alkyl halides is 3. The van der Waals surface area contributed by atoms with Gasteiger partial charge in [0.2, 0.25) is 4.73 Å². The lowest BCUT2D eigenvalue weighted by atomic mass is 10.3. The summed E-state index contributed by atoms with van der Waals surface area (Å²) in [5.74, 6) is 0. The molecular weight excluding hydrogens is 298 g/mol. The summed E-state index contributed by atoms with van der Waals surface area (Å²) in [7, 11) is 0. The van der Waals surface area contributed by atoms with E-state index in [1.54, 1.807) is 0 Å². The molecule has 0 N–H and O–H groups in total. The van der Waals surface area contributed by atoms with E-state index in [1.165, 1.54) is 0 Å². The van der Waals surface area contributed by atoms with Crippen molar-refractivity contribution in [2.45, 2.75) is 6.18 Å². The number of aromatic nitrogens is 3. The number of pyridine rings is 1. The number of halogens is 5. The lowest BCUT2D eigenvalue weighted by molar-refractivity contribution is -0.137. The third-order valence-corrected chi connectivity index (χ3v) is 2.30. The first kappa shape index (κ1) is 10.7. The molecule has 0 unspecified atom stereocenters. The maximum absolute atomic E-state index is 12.4.